The van der Waals surface area contributed by atoms with Crippen molar-refractivity contribution < 1.29 is 19.1 Å². The zero-order chi connectivity index (χ0) is 18.8. The van der Waals surface area contributed by atoms with Gasteiger partial charge >= 0.3 is 6.09 Å². The summed E-state index contributed by atoms with van der Waals surface area (Å²) in [5.41, 5.74) is -0.515. The van der Waals surface area contributed by atoms with Crippen LogP contribution in [0.4, 0.5) is 4.79 Å². The van der Waals surface area contributed by atoms with Crippen LogP contribution in [0.3, 0.4) is 0 Å². The monoisotopic (exact) mass is 359 g/mol. The van der Waals surface area contributed by atoms with Gasteiger partial charge in [0.15, 0.2) is 8.32 Å². The number of aliphatic hydroxyl groups excluding tert-OH is 1. The summed E-state index contributed by atoms with van der Waals surface area (Å²) in [5.74, 6) is 0.384. The summed E-state index contributed by atoms with van der Waals surface area (Å²) in [7, 11) is -1.76. The van der Waals surface area contributed by atoms with Gasteiger partial charge in [-0.15, -0.1) is 0 Å². The summed E-state index contributed by atoms with van der Waals surface area (Å²) in [6.45, 7) is 18.1. The fraction of sp³-hybridized carbons (Fsp3) is 0.944. The number of hydrogen-bond acceptors (Lipinski definition) is 4. The molecule has 0 aromatic rings. The van der Waals surface area contributed by atoms with E-state index in [-0.39, 0.29) is 23.8 Å². The minimum Gasteiger partial charge on any atom is -0.444 e. The highest BCUT2D eigenvalue weighted by Gasteiger charge is 2.39. The molecule has 0 aromatic carbocycles. The summed E-state index contributed by atoms with van der Waals surface area (Å²) in [6.07, 6.45) is 1.33. The lowest BCUT2D eigenvalue weighted by Gasteiger charge is -2.41. The summed E-state index contributed by atoms with van der Waals surface area (Å²) in [6, 6.07) is -0.179. The van der Waals surface area contributed by atoms with Crippen LogP contribution in [0.1, 0.15) is 54.4 Å². The molecule has 24 heavy (non-hydrogen) atoms. The zero-order valence-corrected chi connectivity index (χ0v) is 17.8. The quantitative estimate of drug-likeness (QED) is 0.770. The predicted octanol–water partition coefficient (Wildman–Crippen LogP) is 4.02. The van der Waals surface area contributed by atoms with E-state index in [0.717, 1.165) is 19.4 Å². The van der Waals surface area contributed by atoms with Gasteiger partial charge in [0.05, 0.1) is 12.6 Å². The number of amides is 1. The fourth-order valence-electron chi connectivity index (χ4n) is 2.56. The van der Waals surface area contributed by atoms with E-state index >= 15 is 0 Å². The number of hydrogen-bond donors (Lipinski definition) is 1. The van der Waals surface area contributed by atoms with E-state index in [9.17, 15) is 9.90 Å². The number of nitrogens with zero attached hydrogens (tertiary/aromatic N) is 1. The van der Waals surface area contributed by atoms with Gasteiger partial charge in [0.1, 0.15) is 5.60 Å². The molecular formula is C18H37NO4Si. The van der Waals surface area contributed by atoms with Crippen molar-refractivity contribution in [2.24, 2.45) is 5.92 Å². The van der Waals surface area contributed by atoms with Crippen molar-refractivity contribution >= 4 is 14.4 Å². The maximum atomic E-state index is 12.3. The maximum absolute atomic E-state index is 12.3. The van der Waals surface area contributed by atoms with E-state index in [1.807, 2.05) is 20.8 Å². The fourth-order valence-corrected chi connectivity index (χ4v) is 3.65. The van der Waals surface area contributed by atoms with Gasteiger partial charge in [-0.3, -0.25) is 0 Å². The van der Waals surface area contributed by atoms with Crippen molar-refractivity contribution in [1.82, 2.24) is 4.90 Å². The van der Waals surface area contributed by atoms with Crippen LogP contribution in [-0.4, -0.2) is 55.8 Å². The van der Waals surface area contributed by atoms with Crippen molar-refractivity contribution in [2.45, 2.75) is 84.2 Å². The van der Waals surface area contributed by atoms with Crippen molar-refractivity contribution in [3.8, 4) is 0 Å². The number of ether oxygens (including phenoxy) is 1. The Morgan fingerprint density at radius 1 is 1.21 bits per heavy atom. The zero-order valence-electron chi connectivity index (χ0n) is 16.8. The molecule has 0 aliphatic carbocycles. The summed E-state index contributed by atoms with van der Waals surface area (Å²) in [5, 5.41) is 9.90. The van der Waals surface area contributed by atoms with Crippen LogP contribution < -0.4 is 0 Å². The first kappa shape index (κ1) is 21.4. The molecule has 0 spiro atoms. The number of carbonyl (C=O) groups excluding carboxylic acids is 1. The molecule has 1 N–H and O–H groups in total. The Hall–Kier alpha value is -0.593. The van der Waals surface area contributed by atoms with Crippen LogP contribution in [0.5, 0.6) is 0 Å². The number of rotatable bonds is 4. The second kappa shape index (κ2) is 7.75. The third kappa shape index (κ3) is 6.04. The Balaban J connectivity index is 2.61. The molecule has 0 radical (unpaired) electrons. The van der Waals surface area contributed by atoms with Crippen LogP contribution in [0.15, 0.2) is 0 Å². The van der Waals surface area contributed by atoms with Crippen LogP contribution in [-0.2, 0) is 9.16 Å². The highest BCUT2D eigenvalue weighted by Crippen LogP contribution is 2.37. The molecule has 1 heterocycles. The molecule has 5 nitrogen and oxygen atoms in total. The van der Waals surface area contributed by atoms with Gasteiger partial charge in [-0.05, 0) is 57.7 Å². The van der Waals surface area contributed by atoms with Gasteiger partial charge in [0, 0.05) is 13.2 Å². The van der Waals surface area contributed by atoms with E-state index < -0.39 is 13.9 Å². The number of likely N-dealkylation sites (tertiary alicyclic amines) is 1. The van der Waals surface area contributed by atoms with Crippen molar-refractivity contribution in [3.63, 3.8) is 0 Å². The first-order chi connectivity index (χ1) is 10.8. The molecular weight excluding hydrogens is 322 g/mol. The Morgan fingerprint density at radius 2 is 1.79 bits per heavy atom. The Morgan fingerprint density at radius 3 is 2.25 bits per heavy atom. The highest BCUT2D eigenvalue weighted by molar-refractivity contribution is 6.74. The lowest BCUT2D eigenvalue weighted by molar-refractivity contribution is -0.00838. The molecule has 1 rings (SSSR count). The second-order valence-electron chi connectivity index (χ2n) is 9.47. The Kier molecular flexibility index (Phi) is 6.92. The molecule has 1 aliphatic rings. The van der Waals surface area contributed by atoms with E-state index in [1.54, 1.807) is 4.90 Å². The molecule has 0 aromatic heterocycles. The van der Waals surface area contributed by atoms with Crippen molar-refractivity contribution in [2.75, 3.05) is 19.8 Å². The van der Waals surface area contributed by atoms with E-state index in [1.165, 1.54) is 0 Å². The first-order valence-electron chi connectivity index (χ1n) is 9.01. The van der Waals surface area contributed by atoms with E-state index in [4.69, 9.17) is 9.16 Å². The van der Waals surface area contributed by atoms with Gasteiger partial charge in [-0.25, -0.2) is 4.79 Å². The van der Waals surface area contributed by atoms with Crippen LogP contribution in [0, 0.1) is 5.92 Å². The summed E-state index contributed by atoms with van der Waals surface area (Å²) in [4.78, 5) is 14.0. The van der Waals surface area contributed by atoms with Crippen LogP contribution >= 0.6 is 0 Å². The average Bonchev–Trinajstić information content (AvgIpc) is 2.41. The molecule has 0 bridgehead atoms. The standard InChI is InChI=1S/C18H37NO4Si/c1-17(2,3)23-16(21)19-10-9-14(11-15(19)12-20)13-22-24(7,8)18(4,5)6/h14-15,20H,9-13H2,1-8H3. The molecule has 1 saturated heterocycles. The van der Waals surface area contributed by atoms with Crippen LogP contribution in [0.2, 0.25) is 18.1 Å². The molecule has 1 amide bonds. The largest absolute Gasteiger partial charge is 0.444 e. The van der Waals surface area contributed by atoms with Crippen LogP contribution in [0.25, 0.3) is 0 Å². The Labute approximate surface area is 148 Å². The first-order valence-corrected chi connectivity index (χ1v) is 11.9. The van der Waals surface area contributed by atoms with Crippen molar-refractivity contribution in [3.05, 3.63) is 0 Å². The minimum atomic E-state index is -1.76. The van der Waals surface area contributed by atoms with Gasteiger partial charge in [0.2, 0.25) is 0 Å². The third-order valence-corrected chi connectivity index (χ3v) is 9.65. The summed E-state index contributed by atoms with van der Waals surface area (Å²) < 4.78 is 11.8. The topological polar surface area (TPSA) is 59.0 Å². The van der Waals surface area contributed by atoms with Gasteiger partial charge < -0.3 is 19.2 Å². The van der Waals surface area contributed by atoms with E-state index in [0.29, 0.717) is 12.5 Å². The SMILES string of the molecule is CC(C)(C)OC(=O)N1CCC(CO[Si](C)(C)C(C)(C)C)CC1CO. The number of piperidine rings is 1. The normalized spacial score (nSPS) is 23.3. The van der Waals surface area contributed by atoms with Gasteiger partial charge in [-0.2, -0.15) is 0 Å². The smallest absolute Gasteiger partial charge is 0.410 e. The maximum Gasteiger partial charge on any atom is 0.410 e. The van der Waals surface area contributed by atoms with Gasteiger partial charge in [0.25, 0.3) is 0 Å². The molecule has 1 aliphatic heterocycles. The number of aliphatic hydroxyl groups is 1. The molecule has 6 heteroatoms. The molecule has 2 atom stereocenters. The van der Waals surface area contributed by atoms with Crippen molar-refractivity contribution in [1.29, 1.82) is 0 Å². The predicted molar refractivity (Wildman–Crippen MR) is 99.7 cm³/mol. The Bertz CT molecular complexity index is 426. The lowest BCUT2D eigenvalue weighted by Crippen LogP contribution is -2.51. The molecule has 142 valence electrons. The molecule has 1 fully saturated rings. The third-order valence-electron chi connectivity index (χ3n) is 5.15. The average molecular weight is 360 g/mol. The van der Waals surface area contributed by atoms with E-state index in [2.05, 4.69) is 33.9 Å². The summed E-state index contributed by atoms with van der Waals surface area (Å²) >= 11 is 0. The highest BCUT2D eigenvalue weighted by atomic mass is 28.4. The second-order valence-corrected chi connectivity index (χ2v) is 14.3. The molecule has 2 unspecified atom stereocenters. The van der Waals surface area contributed by atoms with Gasteiger partial charge in [-0.1, -0.05) is 20.8 Å². The number of carbonyl (C=O) groups is 1. The molecule has 0 saturated carbocycles. The lowest BCUT2D eigenvalue weighted by atomic mass is 9.92. The minimum absolute atomic E-state index is 0.0319.